The quantitative estimate of drug-likeness (QED) is 0.0325. The zero-order valence-corrected chi connectivity index (χ0v) is 26.3. The molecule has 20 heteroatoms. The minimum Gasteiger partial charge on any atom is -0.475 e. The van der Waals surface area contributed by atoms with Crippen LogP contribution in [0, 0.1) is 0 Å². The van der Waals surface area contributed by atoms with Crippen LogP contribution in [-0.2, 0) is 38.3 Å². The van der Waals surface area contributed by atoms with Crippen molar-refractivity contribution in [1.29, 1.82) is 0 Å². The Morgan fingerprint density at radius 3 is 2.17 bits per heavy atom. The van der Waals surface area contributed by atoms with Gasteiger partial charge in [0, 0.05) is 38.6 Å². The maximum Gasteiger partial charge on any atom is 0.490 e. The van der Waals surface area contributed by atoms with E-state index in [1.807, 2.05) is 0 Å². The predicted octanol–water partition coefficient (Wildman–Crippen LogP) is -1.46. The molecular formula is C27H43F3N8O9. The van der Waals surface area contributed by atoms with Gasteiger partial charge in [-0.25, -0.2) is 9.59 Å². The summed E-state index contributed by atoms with van der Waals surface area (Å²) in [6.07, 6.45) is -0.904. The number of amides is 5. The van der Waals surface area contributed by atoms with Crippen molar-refractivity contribution >= 4 is 47.4 Å². The van der Waals surface area contributed by atoms with Gasteiger partial charge in [0.25, 0.3) is 0 Å². The number of carbonyl (C=O) groups is 7. The van der Waals surface area contributed by atoms with Crippen molar-refractivity contribution in [2.45, 2.75) is 89.6 Å². The minimum atomic E-state index is -5.08. The van der Waals surface area contributed by atoms with Gasteiger partial charge in [-0.1, -0.05) is 6.08 Å². The lowest BCUT2D eigenvalue weighted by molar-refractivity contribution is -0.192. The average molecular weight is 681 g/mol. The summed E-state index contributed by atoms with van der Waals surface area (Å²) in [5.41, 5.74) is 15.9. The zero-order chi connectivity index (χ0) is 36.3. The number of ether oxygens (including phenoxy) is 1. The second-order valence-electron chi connectivity index (χ2n) is 10.1. The van der Waals surface area contributed by atoms with Gasteiger partial charge in [0.05, 0.1) is 6.61 Å². The van der Waals surface area contributed by atoms with Crippen molar-refractivity contribution in [3.8, 4) is 0 Å². The van der Waals surface area contributed by atoms with E-state index in [2.05, 4.69) is 20.9 Å². The monoisotopic (exact) mass is 680 g/mol. The number of nitrogens with two attached hydrogens (primary N) is 3. The van der Waals surface area contributed by atoms with Crippen molar-refractivity contribution < 1.29 is 56.6 Å². The van der Waals surface area contributed by atoms with Crippen LogP contribution in [0.3, 0.4) is 0 Å². The van der Waals surface area contributed by atoms with Gasteiger partial charge in [0.2, 0.25) is 29.5 Å². The summed E-state index contributed by atoms with van der Waals surface area (Å²) in [7, 11) is 0. The van der Waals surface area contributed by atoms with E-state index in [0.29, 0.717) is 25.8 Å². The molecule has 0 aliphatic carbocycles. The highest BCUT2D eigenvalue weighted by Gasteiger charge is 2.38. The Balaban J connectivity index is 0.00000270. The molecule has 47 heavy (non-hydrogen) atoms. The smallest absolute Gasteiger partial charge is 0.475 e. The molecule has 5 amide bonds. The number of aliphatic carboxylic acids is 1. The third-order valence-corrected chi connectivity index (χ3v) is 6.31. The second-order valence-corrected chi connectivity index (χ2v) is 10.1. The normalized spacial score (nSPS) is 16.0. The fourth-order valence-corrected chi connectivity index (χ4v) is 4.04. The van der Waals surface area contributed by atoms with Crippen LogP contribution in [0.2, 0.25) is 0 Å². The predicted molar refractivity (Wildman–Crippen MR) is 160 cm³/mol. The lowest BCUT2D eigenvalue weighted by atomic mass is 10.1. The highest BCUT2D eigenvalue weighted by molar-refractivity contribution is 5.94. The summed E-state index contributed by atoms with van der Waals surface area (Å²) in [5, 5.41) is 15.1. The number of hydrogen-bond donors (Lipinski definition) is 7. The lowest BCUT2D eigenvalue weighted by Crippen LogP contribution is -2.56. The Bertz CT molecular complexity index is 1180. The first-order valence-electron chi connectivity index (χ1n) is 14.5. The first kappa shape index (κ1) is 42.1. The molecule has 0 aromatic heterocycles. The van der Waals surface area contributed by atoms with Gasteiger partial charge in [-0.15, -0.1) is 0 Å². The molecule has 0 spiro atoms. The van der Waals surface area contributed by atoms with E-state index in [9.17, 15) is 41.9 Å². The van der Waals surface area contributed by atoms with Crippen LogP contribution < -0.4 is 33.2 Å². The third-order valence-electron chi connectivity index (χ3n) is 6.31. The summed E-state index contributed by atoms with van der Waals surface area (Å²) in [5.74, 6) is -6.01. The summed E-state index contributed by atoms with van der Waals surface area (Å²) < 4.78 is 36.6. The number of guanidine groups is 1. The van der Waals surface area contributed by atoms with Crippen LogP contribution >= 0.6 is 0 Å². The highest BCUT2D eigenvalue weighted by Crippen LogP contribution is 2.17. The molecule has 266 valence electrons. The van der Waals surface area contributed by atoms with E-state index in [1.165, 1.54) is 24.8 Å². The van der Waals surface area contributed by atoms with Crippen molar-refractivity contribution in [1.82, 2.24) is 20.9 Å². The Morgan fingerprint density at radius 1 is 1.04 bits per heavy atom. The van der Waals surface area contributed by atoms with Gasteiger partial charge in [-0.2, -0.15) is 13.2 Å². The number of carboxylic acids is 1. The van der Waals surface area contributed by atoms with E-state index >= 15 is 0 Å². The first-order valence-corrected chi connectivity index (χ1v) is 14.5. The fraction of sp³-hybridized carbons (Fsp3) is 0.630. The van der Waals surface area contributed by atoms with Crippen molar-refractivity contribution in [3.05, 3.63) is 12.2 Å². The highest BCUT2D eigenvalue weighted by atomic mass is 19.4. The van der Waals surface area contributed by atoms with Gasteiger partial charge in [0.1, 0.15) is 18.1 Å². The fourth-order valence-electron chi connectivity index (χ4n) is 4.04. The van der Waals surface area contributed by atoms with E-state index in [1.54, 1.807) is 6.92 Å². The van der Waals surface area contributed by atoms with Gasteiger partial charge in [-0.05, 0) is 46.0 Å². The number of esters is 1. The molecule has 4 atom stereocenters. The van der Waals surface area contributed by atoms with Gasteiger partial charge in [-0.3, -0.25) is 29.0 Å². The van der Waals surface area contributed by atoms with E-state index in [-0.39, 0.29) is 44.3 Å². The molecule has 0 bridgehead atoms. The number of hydrogen-bond acceptors (Lipinski definition) is 9. The number of alkyl halides is 3. The summed E-state index contributed by atoms with van der Waals surface area (Å²) in [4.78, 5) is 87.9. The van der Waals surface area contributed by atoms with E-state index in [0.717, 1.165) is 6.08 Å². The Morgan fingerprint density at radius 2 is 1.66 bits per heavy atom. The molecule has 0 aromatic carbocycles. The summed E-state index contributed by atoms with van der Waals surface area (Å²) in [6.45, 7) is 5.31. The molecule has 1 saturated heterocycles. The van der Waals surface area contributed by atoms with E-state index < -0.39 is 65.9 Å². The van der Waals surface area contributed by atoms with Gasteiger partial charge in [0.15, 0.2) is 5.96 Å². The Kier molecular flexibility index (Phi) is 18.8. The average Bonchev–Trinajstić information content (AvgIpc) is 3.46. The molecule has 1 aliphatic heterocycles. The zero-order valence-electron chi connectivity index (χ0n) is 26.3. The first-order chi connectivity index (χ1) is 21.8. The molecule has 1 heterocycles. The molecular weight excluding hydrogens is 637 g/mol. The maximum atomic E-state index is 13.2. The number of carboxylic acid groups (broad SMARTS) is 1. The van der Waals surface area contributed by atoms with Crippen LogP contribution in [0.25, 0.3) is 0 Å². The van der Waals surface area contributed by atoms with Crippen LogP contribution in [0.4, 0.5) is 13.2 Å². The van der Waals surface area contributed by atoms with Crippen LogP contribution in [-0.4, -0.2) is 107 Å². The summed E-state index contributed by atoms with van der Waals surface area (Å²) in [6, 6.07) is -3.50. The number of halogens is 3. The topological polar surface area (TPSA) is 279 Å². The number of aliphatic imine (C=N–C) groups is 1. The molecule has 17 nitrogen and oxygen atoms in total. The van der Waals surface area contributed by atoms with Crippen molar-refractivity contribution in [2.75, 3.05) is 19.7 Å². The van der Waals surface area contributed by atoms with Crippen LogP contribution in [0.15, 0.2) is 17.1 Å². The van der Waals surface area contributed by atoms with Crippen molar-refractivity contribution in [3.63, 3.8) is 0 Å². The number of nitrogens with zero attached hydrogens (tertiary/aromatic N) is 2. The number of nitrogens with one attached hydrogen (secondary N) is 3. The number of rotatable bonds is 16. The number of likely N-dealkylation sites (tertiary alicyclic amines) is 1. The maximum absolute atomic E-state index is 13.2. The molecule has 0 saturated carbocycles. The molecule has 1 rings (SSSR count). The molecule has 0 aromatic rings. The third kappa shape index (κ3) is 18.0. The van der Waals surface area contributed by atoms with E-state index in [4.69, 9.17) is 31.8 Å². The number of primary amides is 1. The molecule has 1 aliphatic rings. The van der Waals surface area contributed by atoms with Gasteiger partial charge >= 0.3 is 18.1 Å². The SMILES string of the molecule is CCOC(=O)/C=C/[C@H](CCC(N)=O)NC(=O)[C@H](CCCN=C(N)N)NC(=O)[C@H](C)NC(=O)[C@@H]1CCCN1C(C)=O.O=C(O)C(F)(F)F. The largest absolute Gasteiger partial charge is 0.490 e. The van der Waals surface area contributed by atoms with Crippen molar-refractivity contribution in [2.24, 2.45) is 22.2 Å². The Labute approximate surface area is 268 Å². The number of carbonyl (C=O) groups excluding carboxylic acids is 6. The minimum absolute atomic E-state index is 0.0683. The Hall–Kier alpha value is -4.91. The molecule has 10 N–H and O–H groups in total. The molecule has 1 fully saturated rings. The van der Waals surface area contributed by atoms with Gasteiger partial charge < -0.3 is 47.9 Å². The lowest BCUT2D eigenvalue weighted by Gasteiger charge is -2.26. The second kappa shape index (κ2) is 21.0. The summed E-state index contributed by atoms with van der Waals surface area (Å²) >= 11 is 0. The molecule has 0 unspecified atom stereocenters. The molecule has 0 radical (unpaired) electrons. The standard InChI is InChI=1S/C25H42N8O7.C2HF3O2/c1-4-40-21(36)12-10-17(9-11-20(26)35)31-23(38)18(7-5-13-29-25(27)28)32-22(37)15(2)30-24(39)19-8-6-14-33(19)16(3)34;3-2(4,5)1(6)7/h10,12,15,17-19H,4-9,11,13-14H2,1-3H3,(H2,26,35)(H,30,39)(H,31,38)(H,32,37)(H4,27,28,29);(H,6,7)/b12-10+;/t15-,17-,18-,19-;/m0./s1. The van der Waals surface area contributed by atoms with Crippen LogP contribution in [0.1, 0.15) is 59.3 Å². The van der Waals surface area contributed by atoms with Crippen LogP contribution in [0.5, 0.6) is 0 Å².